The molecule has 3 rings (SSSR count). The molecule has 0 bridgehead atoms. The van der Waals surface area contributed by atoms with E-state index >= 15 is 0 Å². The van der Waals surface area contributed by atoms with Gasteiger partial charge < -0.3 is 9.64 Å². The number of hydrogen-bond donors (Lipinski definition) is 0. The Labute approximate surface area is 156 Å². The Morgan fingerprint density at radius 1 is 1.36 bits per heavy atom. The van der Waals surface area contributed by atoms with Crippen LogP contribution in [0.15, 0.2) is 29.3 Å². The van der Waals surface area contributed by atoms with Crippen LogP contribution >= 0.6 is 23.4 Å². The van der Waals surface area contributed by atoms with Gasteiger partial charge in [-0.05, 0) is 24.1 Å². The summed E-state index contributed by atoms with van der Waals surface area (Å²) >= 11 is 6.93. The van der Waals surface area contributed by atoms with Gasteiger partial charge in [-0.3, -0.25) is 4.79 Å². The van der Waals surface area contributed by atoms with E-state index in [1.54, 1.807) is 7.11 Å². The average Bonchev–Trinajstić information content (AvgIpc) is 3.04. The second-order valence-electron chi connectivity index (χ2n) is 6.01. The van der Waals surface area contributed by atoms with Crippen LogP contribution in [-0.4, -0.2) is 66.7 Å². The van der Waals surface area contributed by atoms with E-state index in [-0.39, 0.29) is 28.7 Å². The molecule has 2 aliphatic heterocycles. The Balaban J connectivity index is 1.76. The van der Waals surface area contributed by atoms with Crippen LogP contribution in [0, 0.1) is 0 Å². The molecule has 0 spiro atoms. The molecule has 2 atom stereocenters. The number of ether oxygens (including phenoxy) is 1. The number of halogens is 1. The summed E-state index contributed by atoms with van der Waals surface area (Å²) in [6.45, 7) is 0.602. The van der Waals surface area contributed by atoms with E-state index in [0.717, 1.165) is 17.7 Å². The van der Waals surface area contributed by atoms with Gasteiger partial charge in [0.2, 0.25) is 0 Å². The van der Waals surface area contributed by atoms with Crippen LogP contribution in [0.25, 0.3) is 0 Å². The zero-order valence-corrected chi connectivity index (χ0v) is 16.1. The van der Waals surface area contributed by atoms with Crippen molar-refractivity contribution < 1.29 is 17.9 Å². The highest BCUT2D eigenvalue weighted by Gasteiger charge is 2.48. The zero-order chi connectivity index (χ0) is 18.0. The highest BCUT2D eigenvalue weighted by Crippen LogP contribution is 2.38. The third-order valence-corrected chi connectivity index (χ3v) is 7.79. The second kappa shape index (κ2) is 7.55. The third kappa shape index (κ3) is 4.30. The second-order valence-corrected chi connectivity index (χ2v) is 9.64. The van der Waals surface area contributed by atoms with Crippen molar-refractivity contribution >= 4 is 44.3 Å². The molecule has 0 aliphatic carbocycles. The van der Waals surface area contributed by atoms with Crippen LogP contribution in [-0.2, 0) is 21.1 Å². The summed E-state index contributed by atoms with van der Waals surface area (Å²) in [6.07, 6.45) is 0.724. The summed E-state index contributed by atoms with van der Waals surface area (Å²) in [6, 6.07) is 7.61. The summed E-state index contributed by atoms with van der Waals surface area (Å²) in [5, 5.41) is 0.520. The van der Waals surface area contributed by atoms with Gasteiger partial charge in [-0.15, -0.1) is 11.6 Å². The maximum Gasteiger partial charge on any atom is 0.262 e. The van der Waals surface area contributed by atoms with E-state index in [0.29, 0.717) is 11.7 Å². The van der Waals surface area contributed by atoms with Crippen LogP contribution < -0.4 is 4.74 Å². The minimum Gasteiger partial charge on any atom is -0.497 e. The normalized spacial score (nSPS) is 26.0. The number of hydrogen-bond acceptors (Lipinski definition) is 5. The first-order chi connectivity index (χ1) is 11.9. The molecular weight excluding hydrogens is 384 g/mol. The maximum atomic E-state index is 11.9. The van der Waals surface area contributed by atoms with E-state index in [4.69, 9.17) is 16.3 Å². The van der Waals surface area contributed by atoms with Crippen molar-refractivity contribution in [3.8, 4) is 5.75 Å². The molecule has 25 heavy (non-hydrogen) atoms. The topological polar surface area (TPSA) is 76.0 Å². The molecule has 2 saturated heterocycles. The van der Waals surface area contributed by atoms with Gasteiger partial charge in [-0.1, -0.05) is 23.9 Å². The van der Waals surface area contributed by atoms with Crippen molar-refractivity contribution in [2.45, 2.75) is 17.7 Å². The molecule has 1 amide bonds. The smallest absolute Gasteiger partial charge is 0.262 e. The molecule has 136 valence electrons. The number of sulfone groups is 1. The molecule has 1 aromatic rings. The fraction of sp³-hybridized carbons (Fsp3) is 0.500. The lowest BCUT2D eigenvalue weighted by Crippen LogP contribution is -2.39. The molecule has 2 aliphatic rings. The lowest BCUT2D eigenvalue weighted by Gasteiger charge is -2.24. The summed E-state index contributed by atoms with van der Waals surface area (Å²) in [4.78, 5) is 17.6. The number of amides is 1. The number of alkyl halides is 1. The molecular formula is C16H19ClN2O4S2. The van der Waals surface area contributed by atoms with E-state index in [9.17, 15) is 13.2 Å². The number of carbonyl (C=O) groups is 1. The Morgan fingerprint density at radius 2 is 2.08 bits per heavy atom. The monoisotopic (exact) mass is 402 g/mol. The highest BCUT2D eigenvalue weighted by atomic mass is 35.5. The molecule has 0 N–H and O–H groups in total. The highest BCUT2D eigenvalue weighted by molar-refractivity contribution is 8.15. The minimum absolute atomic E-state index is 0.0669. The number of methoxy groups -OCH3 is 1. The van der Waals surface area contributed by atoms with Crippen LogP contribution in [0.5, 0.6) is 5.75 Å². The van der Waals surface area contributed by atoms with Gasteiger partial charge in [0.1, 0.15) is 11.6 Å². The van der Waals surface area contributed by atoms with E-state index < -0.39 is 15.7 Å². The predicted octanol–water partition coefficient (Wildman–Crippen LogP) is 1.57. The van der Waals surface area contributed by atoms with E-state index in [1.807, 2.05) is 29.2 Å². The number of amidine groups is 1. The third-order valence-electron chi connectivity index (χ3n) is 4.31. The fourth-order valence-corrected chi connectivity index (χ4v) is 7.13. The van der Waals surface area contributed by atoms with Crippen molar-refractivity contribution in [3.63, 3.8) is 0 Å². The predicted molar refractivity (Wildman–Crippen MR) is 100 cm³/mol. The van der Waals surface area contributed by atoms with Crippen LogP contribution in [0.3, 0.4) is 0 Å². The van der Waals surface area contributed by atoms with Crippen molar-refractivity contribution in [3.05, 3.63) is 29.8 Å². The van der Waals surface area contributed by atoms with Gasteiger partial charge in [-0.2, -0.15) is 4.99 Å². The van der Waals surface area contributed by atoms with Crippen molar-refractivity contribution in [2.75, 3.05) is 31.0 Å². The Kier molecular flexibility index (Phi) is 5.60. The number of nitrogens with zero attached hydrogens (tertiary/aromatic N) is 2. The van der Waals surface area contributed by atoms with E-state index in [2.05, 4.69) is 4.99 Å². The van der Waals surface area contributed by atoms with Crippen molar-refractivity contribution in [1.82, 2.24) is 4.90 Å². The molecule has 2 heterocycles. The lowest BCUT2D eigenvalue weighted by molar-refractivity contribution is -0.115. The number of aliphatic imine (C=N–C) groups is 1. The maximum absolute atomic E-state index is 11.9. The lowest BCUT2D eigenvalue weighted by atomic mass is 10.1. The summed E-state index contributed by atoms with van der Waals surface area (Å²) in [5.41, 5.74) is 1.11. The largest absolute Gasteiger partial charge is 0.497 e. The van der Waals surface area contributed by atoms with Crippen LogP contribution in [0.1, 0.15) is 5.56 Å². The quantitative estimate of drug-likeness (QED) is 0.696. The molecule has 0 unspecified atom stereocenters. The molecule has 0 saturated carbocycles. The zero-order valence-electron chi connectivity index (χ0n) is 13.7. The SMILES string of the molecule is COc1ccc(CCN2C(=NC(=O)CCl)S[C@@H]3CS(=O)(=O)C[C@@H]32)cc1. The van der Waals surface area contributed by atoms with Gasteiger partial charge in [0, 0.05) is 11.8 Å². The summed E-state index contributed by atoms with van der Waals surface area (Å²) in [7, 11) is -1.41. The van der Waals surface area contributed by atoms with Crippen LogP contribution in [0.4, 0.5) is 0 Å². The first-order valence-electron chi connectivity index (χ1n) is 7.86. The number of rotatable bonds is 5. The van der Waals surface area contributed by atoms with Gasteiger partial charge in [0.15, 0.2) is 15.0 Å². The molecule has 0 aromatic heterocycles. The fourth-order valence-electron chi connectivity index (χ4n) is 3.08. The Bertz CT molecular complexity index is 780. The van der Waals surface area contributed by atoms with Gasteiger partial charge in [-0.25, -0.2) is 8.42 Å². The Hall–Kier alpha value is -1.25. The van der Waals surface area contributed by atoms with Crippen LogP contribution in [0.2, 0.25) is 0 Å². The number of thioether (sulfide) groups is 1. The van der Waals surface area contributed by atoms with Gasteiger partial charge >= 0.3 is 0 Å². The number of fused-ring (bicyclic) bond motifs is 1. The minimum atomic E-state index is -3.03. The molecule has 6 nitrogen and oxygen atoms in total. The van der Waals surface area contributed by atoms with Gasteiger partial charge in [0.25, 0.3) is 5.91 Å². The molecule has 0 radical (unpaired) electrons. The van der Waals surface area contributed by atoms with E-state index in [1.165, 1.54) is 11.8 Å². The first kappa shape index (κ1) is 18.5. The molecule has 2 fully saturated rings. The van der Waals surface area contributed by atoms with Crippen molar-refractivity contribution in [2.24, 2.45) is 4.99 Å². The average molecular weight is 403 g/mol. The summed E-state index contributed by atoms with van der Waals surface area (Å²) < 4.78 is 29.0. The number of carbonyl (C=O) groups excluding carboxylic acids is 1. The molecule has 9 heteroatoms. The first-order valence-corrected chi connectivity index (χ1v) is 11.1. The Morgan fingerprint density at radius 3 is 2.72 bits per heavy atom. The standard InChI is InChI=1S/C16H19ClN2O4S2/c1-23-12-4-2-11(3-5-12)6-7-19-13-9-25(21,22)10-14(13)24-16(19)18-15(20)8-17/h2-5,13-14H,6-10H2,1H3/t13-,14+/m0/s1. The summed E-state index contributed by atoms with van der Waals surface area (Å²) in [5.74, 6) is 0.458. The molecule has 1 aromatic carbocycles. The van der Waals surface area contributed by atoms with Gasteiger partial charge in [0.05, 0.1) is 24.7 Å². The van der Waals surface area contributed by atoms with Crippen molar-refractivity contribution in [1.29, 1.82) is 0 Å². The number of benzene rings is 1.